The third-order valence-electron chi connectivity index (χ3n) is 2.65. The number of hydrogen-bond donors (Lipinski definition) is 1. The van der Waals surface area contributed by atoms with Crippen LogP contribution in [0.5, 0.6) is 0 Å². The van der Waals surface area contributed by atoms with Crippen molar-refractivity contribution in [3.05, 3.63) is 0 Å². The molecule has 4 nitrogen and oxygen atoms in total. The van der Waals surface area contributed by atoms with E-state index < -0.39 is 0 Å². The van der Waals surface area contributed by atoms with Gasteiger partial charge in [-0.25, -0.2) is 5.90 Å². The number of piperazine rings is 1. The van der Waals surface area contributed by atoms with Crippen molar-refractivity contribution < 1.29 is 4.84 Å². The fraction of sp³-hybridized carbons (Fsp3) is 1.00. The van der Waals surface area contributed by atoms with Crippen LogP contribution in [0.2, 0.25) is 0 Å². The van der Waals surface area contributed by atoms with Gasteiger partial charge in [-0.3, -0.25) is 0 Å². The van der Waals surface area contributed by atoms with E-state index in [1.54, 1.807) is 0 Å². The van der Waals surface area contributed by atoms with Gasteiger partial charge in [-0.1, -0.05) is 6.92 Å². The largest absolute Gasteiger partial charge is 0.305 e. The molecule has 0 unspecified atom stereocenters. The predicted octanol–water partition coefficient (Wildman–Crippen LogP) is -0.0957. The zero-order valence-electron chi connectivity index (χ0n) is 8.54. The van der Waals surface area contributed by atoms with Gasteiger partial charge in [0.25, 0.3) is 0 Å². The summed E-state index contributed by atoms with van der Waals surface area (Å²) in [4.78, 5) is 9.50. The Labute approximate surface area is 80.6 Å². The Kier molecular flexibility index (Phi) is 5.31. The van der Waals surface area contributed by atoms with Crippen LogP contribution in [-0.4, -0.2) is 55.7 Å². The summed E-state index contributed by atoms with van der Waals surface area (Å²) in [5, 5.41) is 0. The van der Waals surface area contributed by atoms with Crippen molar-refractivity contribution >= 4 is 0 Å². The van der Waals surface area contributed by atoms with Crippen LogP contribution in [0.1, 0.15) is 13.3 Å². The third-order valence-corrected chi connectivity index (χ3v) is 2.65. The number of rotatable bonds is 5. The maximum Gasteiger partial charge on any atom is 0.0691 e. The fourth-order valence-corrected chi connectivity index (χ4v) is 1.70. The summed E-state index contributed by atoms with van der Waals surface area (Å²) >= 11 is 0. The van der Waals surface area contributed by atoms with Gasteiger partial charge in [0.05, 0.1) is 6.61 Å². The first-order chi connectivity index (χ1) is 6.36. The van der Waals surface area contributed by atoms with Gasteiger partial charge in [-0.15, -0.1) is 0 Å². The minimum atomic E-state index is 0.675. The quantitative estimate of drug-likeness (QED) is 0.482. The first kappa shape index (κ1) is 10.9. The molecule has 1 fully saturated rings. The van der Waals surface area contributed by atoms with Crippen LogP contribution in [0, 0.1) is 0 Å². The number of likely N-dealkylation sites (N-methyl/N-ethyl adjacent to an activating group) is 1. The molecule has 0 atom stereocenters. The third kappa shape index (κ3) is 4.04. The fourth-order valence-electron chi connectivity index (χ4n) is 1.70. The molecule has 4 heteroatoms. The molecule has 0 amide bonds. The van der Waals surface area contributed by atoms with Crippen molar-refractivity contribution in [2.75, 3.05) is 45.9 Å². The van der Waals surface area contributed by atoms with Gasteiger partial charge in [0.2, 0.25) is 0 Å². The predicted molar refractivity (Wildman–Crippen MR) is 53.3 cm³/mol. The first-order valence-corrected chi connectivity index (χ1v) is 5.13. The first-order valence-electron chi connectivity index (χ1n) is 5.13. The summed E-state index contributed by atoms with van der Waals surface area (Å²) in [5.41, 5.74) is 0. The Morgan fingerprint density at radius 3 is 2.31 bits per heavy atom. The average molecular weight is 187 g/mol. The lowest BCUT2D eigenvalue weighted by Gasteiger charge is -2.33. The minimum absolute atomic E-state index is 0.675. The van der Waals surface area contributed by atoms with Crippen molar-refractivity contribution in [3.8, 4) is 0 Å². The van der Waals surface area contributed by atoms with Crippen molar-refractivity contribution in [1.82, 2.24) is 9.80 Å². The van der Waals surface area contributed by atoms with Crippen LogP contribution < -0.4 is 5.90 Å². The zero-order chi connectivity index (χ0) is 9.52. The lowest BCUT2D eigenvalue weighted by atomic mass is 10.3. The van der Waals surface area contributed by atoms with Gasteiger partial charge in [0, 0.05) is 32.7 Å². The lowest BCUT2D eigenvalue weighted by molar-refractivity contribution is 0.102. The Bertz CT molecular complexity index is 121. The summed E-state index contributed by atoms with van der Waals surface area (Å²) in [5.74, 6) is 4.96. The second-order valence-electron chi connectivity index (χ2n) is 3.50. The average Bonchev–Trinajstić information content (AvgIpc) is 2.19. The molecule has 0 bridgehead atoms. The molecule has 2 N–H and O–H groups in total. The van der Waals surface area contributed by atoms with E-state index in [1.807, 2.05) is 0 Å². The van der Waals surface area contributed by atoms with E-state index in [1.165, 1.54) is 32.7 Å². The van der Waals surface area contributed by atoms with Crippen LogP contribution in [-0.2, 0) is 4.84 Å². The molecule has 0 aromatic carbocycles. The summed E-state index contributed by atoms with van der Waals surface area (Å²) in [6.45, 7) is 10.00. The molecule has 0 aliphatic carbocycles. The lowest BCUT2D eigenvalue weighted by Crippen LogP contribution is -2.46. The van der Waals surface area contributed by atoms with Gasteiger partial charge in [0.15, 0.2) is 0 Å². The van der Waals surface area contributed by atoms with Crippen LogP contribution in [0.25, 0.3) is 0 Å². The number of nitrogens with zero attached hydrogens (tertiary/aromatic N) is 2. The highest BCUT2D eigenvalue weighted by molar-refractivity contribution is 4.70. The van der Waals surface area contributed by atoms with E-state index in [-0.39, 0.29) is 0 Å². The summed E-state index contributed by atoms with van der Waals surface area (Å²) < 4.78 is 0. The van der Waals surface area contributed by atoms with Gasteiger partial charge in [0.1, 0.15) is 0 Å². The van der Waals surface area contributed by atoms with Crippen LogP contribution in [0.15, 0.2) is 0 Å². The Hall–Kier alpha value is -0.160. The molecule has 13 heavy (non-hydrogen) atoms. The van der Waals surface area contributed by atoms with E-state index >= 15 is 0 Å². The SMILES string of the molecule is CCN1CCN(CCCON)CC1. The van der Waals surface area contributed by atoms with Crippen LogP contribution >= 0.6 is 0 Å². The summed E-state index contributed by atoms with van der Waals surface area (Å²) in [6.07, 6.45) is 1.04. The molecule has 0 aromatic rings. The van der Waals surface area contributed by atoms with Gasteiger partial charge in [-0.05, 0) is 13.0 Å². The van der Waals surface area contributed by atoms with Gasteiger partial charge < -0.3 is 14.6 Å². The standard InChI is InChI=1S/C9H21N3O/c1-2-11-5-7-12(8-6-11)4-3-9-13-10/h2-10H2,1H3. The Morgan fingerprint density at radius 1 is 1.15 bits per heavy atom. The minimum Gasteiger partial charge on any atom is -0.305 e. The topological polar surface area (TPSA) is 41.7 Å². The van der Waals surface area contributed by atoms with E-state index in [0.717, 1.165) is 13.0 Å². The molecule has 1 aliphatic heterocycles. The van der Waals surface area contributed by atoms with Gasteiger partial charge >= 0.3 is 0 Å². The molecule has 1 aliphatic rings. The molecule has 1 saturated heterocycles. The highest BCUT2D eigenvalue weighted by atomic mass is 16.6. The Morgan fingerprint density at radius 2 is 1.77 bits per heavy atom. The van der Waals surface area contributed by atoms with E-state index in [2.05, 4.69) is 21.6 Å². The van der Waals surface area contributed by atoms with E-state index in [9.17, 15) is 0 Å². The monoisotopic (exact) mass is 187 g/mol. The van der Waals surface area contributed by atoms with Crippen molar-refractivity contribution in [1.29, 1.82) is 0 Å². The molecule has 78 valence electrons. The van der Waals surface area contributed by atoms with Gasteiger partial charge in [-0.2, -0.15) is 0 Å². The molecule has 0 saturated carbocycles. The zero-order valence-corrected chi connectivity index (χ0v) is 8.54. The number of nitrogens with two attached hydrogens (primary N) is 1. The molecule has 1 rings (SSSR count). The second-order valence-corrected chi connectivity index (χ2v) is 3.50. The maximum atomic E-state index is 4.96. The summed E-state index contributed by atoms with van der Waals surface area (Å²) in [6, 6.07) is 0. The normalized spacial score (nSPS) is 20.8. The highest BCUT2D eigenvalue weighted by Crippen LogP contribution is 2.01. The molecular formula is C9H21N3O. The van der Waals surface area contributed by atoms with Crippen LogP contribution in [0.4, 0.5) is 0 Å². The molecular weight excluding hydrogens is 166 g/mol. The highest BCUT2D eigenvalue weighted by Gasteiger charge is 2.14. The van der Waals surface area contributed by atoms with E-state index in [4.69, 9.17) is 5.90 Å². The molecule has 1 heterocycles. The number of hydrogen-bond acceptors (Lipinski definition) is 4. The van der Waals surface area contributed by atoms with Crippen molar-refractivity contribution in [2.24, 2.45) is 5.90 Å². The molecule has 0 aromatic heterocycles. The Balaban J connectivity index is 2.03. The summed E-state index contributed by atoms with van der Waals surface area (Å²) in [7, 11) is 0. The van der Waals surface area contributed by atoms with Crippen molar-refractivity contribution in [3.63, 3.8) is 0 Å². The maximum absolute atomic E-state index is 4.96. The molecule has 0 radical (unpaired) electrons. The van der Waals surface area contributed by atoms with Crippen LogP contribution in [0.3, 0.4) is 0 Å². The second kappa shape index (κ2) is 6.32. The smallest absolute Gasteiger partial charge is 0.0691 e. The van der Waals surface area contributed by atoms with Crippen molar-refractivity contribution in [2.45, 2.75) is 13.3 Å². The van der Waals surface area contributed by atoms with E-state index in [0.29, 0.717) is 6.61 Å². The molecule has 0 spiro atoms.